The molecule has 1 aliphatic heterocycles. The predicted octanol–water partition coefficient (Wildman–Crippen LogP) is 1.34. The van der Waals surface area contributed by atoms with Gasteiger partial charge in [-0.3, -0.25) is 0 Å². The van der Waals surface area contributed by atoms with Crippen LogP contribution < -0.4 is 5.32 Å². The summed E-state index contributed by atoms with van der Waals surface area (Å²) in [5.41, 5.74) is 0.253. The van der Waals surface area contributed by atoms with Crippen molar-refractivity contribution in [3.05, 3.63) is 0 Å². The number of nitrogens with zero attached hydrogens (tertiary/aromatic N) is 1. The highest BCUT2D eigenvalue weighted by Crippen LogP contribution is 2.12. The second-order valence-corrected chi connectivity index (χ2v) is 5.46. The van der Waals surface area contributed by atoms with Crippen LogP contribution in [0.25, 0.3) is 0 Å². The molecule has 0 aromatic heterocycles. The molecule has 1 unspecified atom stereocenters. The van der Waals surface area contributed by atoms with Crippen molar-refractivity contribution in [3.63, 3.8) is 0 Å². The Kier molecular flexibility index (Phi) is 5.03. The summed E-state index contributed by atoms with van der Waals surface area (Å²) in [7, 11) is 1.78. The van der Waals surface area contributed by atoms with Crippen LogP contribution >= 0.6 is 0 Å². The Morgan fingerprint density at radius 2 is 2.20 bits per heavy atom. The third-order valence-electron chi connectivity index (χ3n) is 2.89. The molecule has 0 aromatic carbocycles. The molecule has 0 amide bonds. The fourth-order valence-electron chi connectivity index (χ4n) is 2.36. The Bertz CT molecular complexity index is 182. The van der Waals surface area contributed by atoms with Crippen LogP contribution in [-0.4, -0.2) is 50.3 Å². The molecule has 15 heavy (non-hydrogen) atoms. The molecule has 0 saturated carbocycles. The third-order valence-corrected chi connectivity index (χ3v) is 2.89. The maximum absolute atomic E-state index is 5.19. The third kappa shape index (κ3) is 4.96. The second-order valence-electron chi connectivity index (χ2n) is 5.46. The van der Waals surface area contributed by atoms with Crippen LogP contribution in [0, 0.1) is 5.92 Å². The Balaban J connectivity index is 2.39. The number of rotatable bonds is 4. The standard InChI is InChI=1S/C12H26N2O/c1-11(9-15-4)8-14-7-5-6-13-12(2,3)10-14/h11,13H,5-10H2,1-4H3. The molecule has 0 aromatic rings. The summed E-state index contributed by atoms with van der Waals surface area (Å²) in [6.45, 7) is 12.3. The first-order valence-electron chi connectivity index (χ1n) is 6.00. The maximum Gasteiger partial charge on any atom is 0.0500 e. The molecule has 1 heterocycles. The zero-order valence-corrected chi connectivity index (χ0v) is 10.7. The normalized spacial score (nSPS) is 24.8. The Hall–Kier alpha value is -0.120. The highest BCUT2D eigenvalue weighted by molar-refractivity contribution is 4.85. The largest absolute Gasteiger partial charge is 0.384 e. The molecule has 0 aliphatic carbocycles. The number of nitrogens with one attached hydrogen (secondary N) is 1. The van der Waals surface area contributed by atoms with Crippen molar-refractivity contribution in [2.45, 2.75) is 32.7 Å². The molecule has 90 valence electrons. The highest BCUT2D eigenvalue weighted by atomic mass is 16.5. The molecule has 0 spiro atoms. The van der Waals surface area contributed by atoms with Gasteiger partial charge in [-0.1, -0.05) is 6.92 Å². The average Bonchev–Trinajstić information content (AvgIpc) is 2.26. The maximum atomic E-state index is 5.19. The van der Waals surface area contributed by atoms with Gasteiger partial charge in [0.25, 0.3) is 0 Å². The minimum Gasteiger partial charge on any atom is -0.384 e. The van der Waals surface area contributed by atoms with E-state index in [0.717, 1.165) is 26.2 Å². The van der Waals surface area contributed by atoms with E-state index in [0.29, 0.717) is 5.92 Å². The predicted molar refractivity (Wildman–Crippen MR) is 64.2 cm³/mol. The summed E-state index contributed by atoms with van der Waals surface area (Å²) in [5.74, 6) is 0.629. The monoisotopic (exact) mass is 214 g/mol. The van der Waals surface area contributed by atoms with Crippen LogP contribution in [0.3, 0.4) is 0 Å². The van der Waals surface area contributed by atoms with Gasteiger partial charge in [-0.15, -0.1) is 0 Å². The number of hydrogen-bond donors (Lipinski definition) is 1. The van der Waals surface area contributed by atoms with Gasteiger partial charge in [0.15, 0.2) is 0 Å². The minimum atomic E-state index is 0.253. The Labute approximate surface area is 94.2 Å². The van der Waals surface area contributed by atoms with Crippen molar-refractivity contribution >= 4 is 0 Å². The van der Waals surface area contributed by atoms with E-state index in [2.05, 4.69) is 31.0 Å². The van der Waals surface area contributed by atoms with Crippen molar-refractivity contribution in [2.24, 2.45) is 5.92 Å². The van der Waals surface area contributed by atoms with Crippen LogP contribution in [0.2, 0.25) is 0 Å². The van der Waals surface area contributed by atoms with Crippen molar-refractivity contribution < 1.29 is 4.74 Å². The molecule has 1 N–H and O–H groups in total. The minimum absolute atomic E-state index is 0.253. The lowest BCUT2D eigenvalue weighted by Gasteiger charge is -2.31. The smallest absolute Gasteiger partial charge is 0.0500 e. The first kappa shape index (κ1) is 12.9. The molecule has 1 atom stereocenters. The quantitative estimate of drug-likeness (QED) is 0.764. The average molecular weight is 214 g/mol. The van der Waals surface area contributed by atoms with Gasteiger partial charge < -0.3 is 15.0 Å². The zero-order valence-electron chi connectivity index (χ0n) is 10.7. The SMILES string of the molecule is COCC(C)CN1CCCNC(C)(C)C1. The number of hydrogen-bond acceptors (Lipinski definition) is 3. The van der Waals surface area contributed by atoms with Crippen LogP contribution in [-0.2, 0) is 4.74 Å². The summed E-state index contributed by atoms with van der Waals surface area (Å²) in [5, 5.41) is 3.58. The van der Waals surface area contributed by atoms with Gasteiger partial charge in [-0.25, -0.2) is 0 Å². The summed E-state index contributed by atoms with van der Waals surface area (Å²) >= 11 is 0. The van der Waals surface area contributed by atoms with Crippen LogP contribution in [0.15, 0.2) is 0 Å². The van der Waals surface area contributed by atoms with Gasteiger partial charge in [-0.05, 0) is 39.3 Å². The molecule has 1 saturated heterocycles. The van der Waals surface area contributed by atoms with Gasteiger partial charge in [0.1, 0.15) is 0 Å². The molecule has 1 fully saturated rings. The van der Waals surface area contributed by atoms with E-state index in [9.17, 15) is 0 Å². The van der Waals surface area contributed by atoms with Crippen molar-refractivity contribution in [1.29, 1.82) is 0 Å². The van der Waals surface area contributed by atoms with E-state index in [1.54, 1.807) is 7.11 Å². The number of methoxy groups -OCH3 is 1. The Morgan fingerprint density at radius 1 is 1.47 bits per heavy atom. The van der Waals surface area contributed by atoms with Crippen LogP contribution in [0.1, 0.15) is 27.2 Å². The highest BCUT2D eigenvalue weighted by Gasteiger charge is 2.24. The lowest BCUT2D eigenvalue weighted by Crippen LogP contribution is -2.47. The summed E-state index contributed by atoms with van der Waals surface area (Å²) in [6.07, 6.45) is 1.25. The fourth-order valence-corrected chi connectivity index (χ4v) is 2.36. The summed E-state index contributed by atoms with van der Waals surface area (Å²) in [6, 6.07) is 0. The first-order valence-corrected chi connectivity index (χ1v) is 6.00. The van der Waals surface area contributed by atoms with E-state index in [-0.39, 0.29) is 5.54 Å². The van der Waals surface area contributed by atoms with Gasteiger partial charge in [-0.2, -0.15) is 0 Å². The van der Waals surface area contributed by atoms with E-state index < -0.39 is 0 Å². The molecule has 1 aliphatic rings. The van der Waals surface area contributed by atoms with Crippen molar-refractivity contribution in [2.75, 3.05) is 39.9 Å². The van der Waals surface area contributed by atoms with Gasteiger partial charge >= 0.3 is 0 Å². The van der Waals surface area contributed by atoms with Gasteiger partial charge in [0.05, 0.1) is 0 Å². The number of ether oxygens (including phenoxy) is 1. The van der Waals surface area contributed by atoms with E-state index >= 15 is 0 Å². The lowest BCUT2D eigenvalue weighted by atomic mass is 10.0. The molecule has 0 radical (unpaired) electrons. The molecule has 3 nitrogen and oxygen atoms in total. The van der Waals surface area contributed by atoms with Crippen molar-refractivity contribution in [3.8, 4) is 0 Å². The molecular formula is C12H26N2O. The zero-order chi connectivity index (χ0) is 11.3. The second kappa shape index (κ2) is 5.83. The van der Waals surface area contributed by atoms with Crippen LogP contribution in [0.4, 0.5) is 0 Å². The fraction of sp³-hybridized carbons (Fsp3) is 1.00. The molecule has 1 rings (SSSR count). The molecule has 3 heteroatoms. The van der Waals surface area contributed by atoms with E-state index in [1.807, 2.05) is 0 Å². The topological polar surface area (TPSA) is 24.5 Å². The molecule has 0 bridgehead atoms. The van der Waals surface area contributed by atoms with Crippen LogP contribution in [0.5, 0.6) is 0 Å². The van der Waals surface area contributed by atoms with Crippen molar-refractivity contribution in [1.82, 2.24) is 10.2 Å². The molecular weight excluding hydrogens is 188 g/mol. The summed E-state index contributed by atoms with van der Waals surface area (Å²) in [4.78, 5) is 2.56. The van der Waals surface area contributed by atoms with E-state index in [1.165, 1.54) is 13.0 Å². The van der Waals surface area contributed by atoms with E-state index in [4.69, 9.17) is 4.74 Å². The summed E-state index contributed by atoms with van der Waals surface area (Å²) < 4.78 is 5.19. The van der Waals surface area contributed by atoms with Gasteiger partial charge in [0, 0.05) is 32.3 Å². The van der Waals surface area contributed by atoms with Gasteiger partial charge in [0.2, 0.25) is 0 Å². The first-order chi connectivity index (χ1) is 7.03. The lowest BCUT2D eigenvalue weighted by molar-refractivity contribution is 0.123. The Morgan fingerprint density at radius 3 is 2.87 bits per heavy atom.